The van der Waals surface area contributed by atoms with Gasteiger partial charge in [0, 0.05) is 4.47 Å². The van der Waals surface area contributed by atoms with Crippen LogP contribution in [0.25, 0.3) is 0 Å². The number of hydrogen-bond acceptors (Lipinski definition) is 3. The van der Waals surface area contributed by atoms with Crippen LogP contribution in [0.4, 0.5) is 0 Å². The number of halogens is 1. The van der Waals surface area contributed by atoms with E-state index < -0.39 is 5.97 Å². The zero-order chi connectivity index (χ0) is 14.7. The lowest BCUT2D eigenvalue weighted by molar-refractivity contribution is 0.0697. The van der Waals surface area contributed by atoms with Gasteiger partial charge in [-0.2, -0.15) is 5.26 Å². The van der Waals surface area contributed by atoms with Crippen molar-refractivity contribution in [3.63, 3.8) is 0 Å². The quantitative estimate of drug-likeness (QED) is 0.918. The van der Waals surface area contributed by atoms with Crippen molar-refractivity contribution in [1.82, 2.24) is 0 Å². The largest absolute Gasteiger partial charge is 0.478 e. The predicted molar refractivity (Wildman–Crippen MR) is 77.1 cm³/mol. The van der Waals surface area contributed by atoms with Gasteiger partial charge in [0.2, 0.25) is 0 Å². The number of aryl methyl sites for hydroxylation is 1. The minimum absolute atomic E-state index is 0.0569. The predicted octanol–water partition coefficient (Wildman–Crippen LogP) is 4.12. The molecule has 0 fully saturated rings. The van der Waals surface area contributed by atoms with Crippen LogP contribution in [0.2, 0.25) is 0 Å². The highest BCUT2D eigenvalue weighted by molar-refractivity contribution is 9.10. The number of rotatable bonds is 3. The lowest BCUT2D eigenvalue weighted by Gasteiger charge is -2.10. The van der Waals surface area contributed by atoms with Gasteiger partial charge in [0.1, 0.15) is 17.6 Å². The molecular formula is C15H10BrNO3. The summed E-state index contributed by atoms with van der Waals surface area (Å²) in [6.45, 7) is 1.89. The number of hydrogen-bond donors (Lipinski definition) is 1. The highest BCUT2D eigenvalue weighted by Gasteiger charge is 2.11. The molecule has 0 bridgehead atoms. The molecule has 4 nitrogen and oxygen atoms in total. The van der Waals surface area contributed by atoms with Crippen molar-refractivity contribution in [2.24, 2.45) is 0 Å². The average Bonchev–Trinajstić information content (AvgIpc) is 2.42. The van der Waals surface area contributed by atoms with Gasteiger partial charge >= 0.3 is 5.97 Å². The van der Waals surface area contributed by atoms with Gasteiger partial charge in [0.25, 0.3) is 0 Å². The fourth-order valence-corrected chi connectivity index (χ4v) is 2.16. The van der Waals surface area contributed by atoms with Crippen LogP contribution in [0.1, 0.15) is 21.5 Å². The Morgan fingerprint density at radius 1 is 1.25 bits per heavy atom. The number of carboxylic acid groups (broad SMARTS) is 1. The van der Waals surface area contributed by atoms with Crippen LogP contribution in [0.3, 0.4) is 0 Å². The number of benzene rings is 2. The summed E-state index contributed by atoms with van der Waals surface area (Å²) >= 11 is 3.36. The molecule has 2 rings (SSSR count). The van der Waals surface area contributed by atoms with Gasteiger partial charge < -0.3 is 9.84 Å². The molecule has 0 aromatic heterocycles. The molecule has 5 heteroatoms. The molecule has 0 heterocycles. The minimum atomic E-state index is -1.08. The first-order chi connectivity index (χ1) is 9.51. The first-order valence-corrected chi connectivity index (χ1v) is 6.52. The minimum Gasteiger partial charge on any atom is -0.478 e. The number of ether oxygens (including phenoxy) is 1. The molecule has 0 aliphatic rings. The van der Waals surface area contributed by atoms with E-state index in [0.29, 0.717) is 11.5 Å². The Bertz CT molecular complexity index is 720. The summed E-state index contributed by atoms with van der Waals surface area (Å²) in [5.74, 6) is -0.122. The van der Waals surface area contributed by atoms with Crippen molar-refractivity contribution >= 4 is 21.9 Å². The Morgan fingerprint density at radius 2 is 1.95 bits per heavy atom. The van der Waals surface area contributed by atoms with Crippen LogP contribution >= 0.6 is 15.9 Å². The van der Waals surface area contributed by atoms with Crippen molar-refractivity contribution in [2.75, 3.05) is 0 Å². The third-order valence-electron chi connectivity index (χ3n) is 2.70. The van der Waals surface area contributed by atoms with Gasteiger partial charge in [-0.3, -0.25) is 0 Å². The Kier molecular flexibility index (Phi) is 4.06. The Balaban J connectivity index is 2.39. The molecule has 0 aliphatic carbocycles. The Labute approximate surface area is 124 Å². The van der Waals surface area contributed by atoms with Crippen LogP contribution < -0.4 is 4.74 Å². The van der Waals surface area contributed by atoms with Crippen molar-refractivity contribution in [3.8, 4) is 17.6 Å². The average molecular weight is 332 g/mol. The molecule has 100 valence electrons. The smallest absolute Gasteiger partial charge is 0.335 e. The third-order valence-corrected chi connectivity index (χ3v) is 3.20. The fraction of sp³-hybridized carbons (Fsp3) is 0.0667. The summed E-state index contributed by atoms with van der Waals surface area (Å²) in [7, 11) is 0. The number of aromatic carboxylic acids is 1. The first-order valence-electron chi connectivity index (χ1n) is 5.72. The SMILES string of the molecule is Cc1cc(Br)ccc1Oc1ccc(C(=O)O)cc1C#N. The second-order valence-electron chi connectivity index (χ2n) is 4.14. The molecule has 0 spiro atoms. The second kappa shape index (κ2) is 5.76. The molecule has 0 aliphatic heterocycles. The molecule has 0 amide bonds. The normalized spacial score (nSPS) is 9.85. The maximum Gasteiger partial charge on any atom is 0.335 e. The summed E-state index contributed by atoms with van der Waals surface area (Å²) in [6, 6.07) is 11.7. The maximum absolute atomic E-state index is 10.9. The van der Waals surface area contributed by atoms with Gasteiger partial charge in [-0.15, -0.1) is 0 Å². The summed E-state index contributed by atoms with van der Waals surface area (Å²) in [4.78, 5) is 10.9. The van der Waals surface area contributed by atoms with E-state index >= 15 is 0 Å². The first kappa shape index (κ1) is 14.1. The fourth-order valence-electron chi connectivity index (χ4n) is 1.69. The summed E-state index contributed by atoms with van der Waals surface area (Å²) in [5.41, 5.74) is 1.15. The van der Waals surface area contributed by atoms with Crippen LogP contribution in [0.15, 0.2) is 40.9 Å². The van der Waals surface area contributed by atoms with E-state index in [1.165, 1.54) is 18.2 Å². The molecule has 0 saturated carbocycles. The summed E-state index contributed by atoms with van der Waals surface area (Å²) in [5, 5.41) is 18.0. The highest BCUT2D eigenvalue weighted by atomic mass is 79.9. The molecule has 0 radical (unpaired) electrons. The topological polar surface area (TPSA) is 70.3 Å². The van der Waals surface area contributed by atoms with Crippen molar-refractivity contribution in [2.45, 2.75) is 6.92 Å². The van der Waals surface area contributed by atoms with E-state index in [-0.39, 0.29) is 11.1 Å². The summed E-state index contributed by atoms with van der Waals surface area (Å²) in [6.07, 6.45) is 0. The van der Waals surface area contributed by atoms with Crippen molar-refractivity contribution in [3.05, 3.63) is 57.6 Å². The van der Waals surface area contributed by atoms with Gasteiger partial charge in [-0.05, 0) is 48.9 Å². The van der Waals surface area contributed by atoms with E-state index in [4.69, 9.17) is 15.1 Å². The second-order valence-corrected chi connectivity index (χ2v) is 5.06. The number of carbonyl (C=O) groups is 1. The van der Waals surface area contributed by atoms with Crippen molar-refractivity contribution < 1.29 is 14.6 Å². The van der Waals surface area contributed by atoms with E-state index in [1.54, 1.807) is 6.07 Å². The van der Waals surface area contributed by atoms with Gasteiger partial charge in [-0.1, -0.05) is 15.9 Å². The molecular weight excluding hydrogens is 322 g/mol. The standard InChI is InChI=1S/C15H10BrNO3/c1-9-6-12(16)3-5-13(9)20-14-4-2-10(15(18)19)7-11(14)8-17/h2-7H,1H3,(H,18,19). The van der Waals surface area contributed by atoms with Crippen LogP contribution in [0.5, 0.6) is 11.5 Å². The molecule has 0 unspecified atom stereocenters. The van der Waals surface area contributed by atoms with Crippen LogP contribution in [-0.2, 0) is 0 Å². The molecule has 1 N–H and O–H groups in total. The van der Waals surface area contributed by atoms with E-state index in [2.05, 4.69) is 15.9 Å². The van der Waals surface area contributed by atoms with Crippen molar-refractivity contribution in [1.29, 1.82) is 5.26 Å². The third kappa shape index (κ3) is 2.98. The van der Waals surface area contributed by atoms with Gasteiger partial charge in [0.15, 0.2) is 0 Å². The maximum atomic E-state index is 10.9. The number of carboxylic acids is 1. The van der Waals surface area contributed by atoms with E-state index in [9.17, 15) is 4.79 Å². The van der Waals surface area contributed by atoms with Crippen LogP contribution in [-0.4, -0.2) is 11.1 Å². The van der Waals surface area contributed by atoms with E-state index in [1.807, 2.05) is 25.1 Å². The molecule has 2 aromatic rings. The molecule has 20 heavy (non-hydrogen) atoms. The monoisotopic (exact) mass is 331 g/mol. The summed E-state index contributed by atoms with van der Waals surface area (Å²) < 4.78 is 6.62. The zero-order valence-electron chi connectivity index (χ0n) is 10.6. The van der Waals surface area contributed by atoms with E-state index in [0.717, 1.165) is 10.0 Å². The van der Waals surface area contributed by atoms with Crippen LogP contribution in [0, 0.1) is 18.3 Å². The molecule has 0 saturated heterocycles. The molecule has 2 aromatic carbocycles. The lowest BCUT2D eigenvalue weighted by atomic mass is 10.1. The lowest BCUT2D eigenvalue weighted by Crippen LogP contribution is -1.98. The Morgan fingerprint density at radius 3 is 2.55 bits per heavy atom. The number of nitrogens with zero attached hydrogens (tertiary/aromatic N) is 1. The van der Waals surface area contributed by atoms with Gasteiger partial charge in [-0.25, -0.2) is 4.79 Å². The molecule has 0 atom stereocenters. The zero-order valence-corrected chi connectivity index (χ0v) is 12.1. The van der Waals surface area contributed by atoms with Gasteiger partial charge in [0.05, 0.1) is 11.1 Å². The number of nitriles is 1. The Hall–Kier alpha value is -2.32. The highest BCUT2D eigenvalue weighted by Crippen LogP contribution is 2.30.